The Morgan fingerprint density at radius 2 is 2.22 bits per heavy atom. The van der Waals surface area contributed by atoms with E-state index in [9.17, 15) is 13.2 Å². The van der Waals surface area contributed by atoms with E-state index in [1.165, 1.54) is 16.2 Å². The molecule has 1 amide bonds. The molecule has 0 radical (unpaired) electrons. The Balaban J connectivity index is 2.68. The molecule has 18 heavy (non-hydrogen) atoms. The molecular formula is C10H17N3O3S2. The fourth-order valence-corrected chi connectivity index (χ4v) is 2.55. The second kappa shape index (κ2) is 5.77. The van der Waals surface area contributed by atoms with Crippen molar-refractivity contribution in [3.8, 4) is 0 Å². The fourth-order valence-electron chi connectivity index (χ4n) is 1.19. The summed E-state index contributed by atoms with van der Waals surface area (Å²) >= 11 is 1.33. The molecule has 1 heterocycles. The number of thiazole rings is 1. The molecule has 0 aliphatic heterocycles. The van der Waals surface area contributed by atoms with Crippen LogP contribution in [-0.4, -0.2) is 49.8 Å². The SMILES string of the molecule is CC(N)c1nc(C(=O)N(C)CCS(C)(=O)=O)cs1. The van der Waals surface area contributed by atoms with Crippen molar-refractivity contribution >= 4 is 27.1 Å². The minimum atomic E-state index is -3.07. The molecule has 0 aliphatic rings. The highest BCUT2D eigenvalue weighted by atomic mass is 32.2. The summed E-state index contributed by atoms with van der Waals surface area (Å²) in [7, 11) is -1.52. The quantitative estimate of drug-likeness (QED) is 0.841. The third-order valence-corrected chi connectivity index (χ3v) is 4.24. The van der Waals surface area contributed by atoms with Crippen LogP contribution in [0, 0.1) is 0 Å². The summed E-state index contributed by atoms with van der Waals surface area (Å²) in [6.07, 6.45) is 1.14. The van der Waals surface area contributed by atoms with Gasteiger partial charge in [0.15, 0.2) is 0 Å². The van der Waals surface area contributed by atoms with Crippen LogP contribution < -0.4 is 5.73 Å². The Hall–Kier alpha value is -0.990. The smallest absolute Gasteiger partial charge is 0.273 e. The normalized spacial score (nSPS) is 13.3. The van der Waals surface area contributed by atoms with Crippen molar-refractivity contribution in [2.24, 2.45) is 5.73 Å². The lowest BCUT2D eigenvalue weighted by Crippen LogP contribution is -2.31. The molecule has 0 spiro atoms. The molecule has 0 bridgehead atoms. The predicted octanol–water partition coefficient (Wildman–Crippen LogP) is 0.279. The van der Waals surface area contributed by atoms with Gasteiger partial charge in [-0.15, -0.1) is 11.3 Å². The van der Waals surface area contributed by atoms with Crippen molar-refractivity contribution in [2.45, 2.75) is 13.0 Å². The molecule has 1 aromatic rings. The highest BCUT2D eigenvalue weighted by Crippen LogP contribution is 2.16. The van der Waals surface area contributed by atoms with Crippen molar-refractivity contribution < 1.29 is 13.2 Å². The van der Waals surface area contributed by atoms with E-state index < -0.39 is 9.84 Å². The fraction of sp³-hybridized carbons (Fsp3) is 0.600. The van der Waals surface area contributed by atoms with Crippen LogP contribution in [0.25, 0.3) is 0 Å². The van der Waals surface area contributed by atoms with Gasteiger partial charge < -0.3 is 10.6 Å². The second-order valence-electron chi connectivity index (χ2n) is 4.22. The first-order chi connectivity index (χ1) is 8.20. The minimum Gasteiger partial charge on any atom is -0.339 e. The van der Waals surface area contributed by atoms with Crippen molar-refractivity contribution in [2.75, 3.05) is 25.6 Å². The third kappa shape index (κ3) is 4.35. The Kier molecular flexibility index (Phi) is 4.83. The van der Waals surface area contributed by atoms with Gasteiger partial charge in [-0.1, -0.05) is 0 Å². The maximum atomic E-state index is 11.9. The first kappa shape index (κ1) is 15.1. The van der Waals surface area contributed by atoms with Gasteiger partial charge in [-0.25, -0.2) is 13.4 Å². The van der Waals surface area contributed by atoms with Crippen LogP contribution in [0.15, 0.2) is 5.38 Å². The largest absolute Gasteiger partial charge is 0.339 e. The van der Waals surface area contributed by atoms with Crippen LogP contribution in [0.2, 0.25) is 0 Å². The Morgan fingerprint density at radius 3 is 2.67 bits per heavy atom. The van der Waals surface area contributed by atoms with Gasteiger partial charge in [0, 0.05) is 25.2 Å². The molecule has 0 fully saturated rings. The van der Waals surface area contributed by atoms with Crippen molar-refractivity contribution in [1.82, 2.24) is 9.88 Å². The Labute approximate surface area is 111 Å². The lowest BCUT2D eigenvalue weighted by molar-refractivity contribution is 0.0798. The first-order valence-corrected chi connectivity index (χ1v) is 8.29. The highest BCUT2D eigenvalue weighted by molar-refractivity contribution is 7.90. The molecule has 0 saturated carbocycles. The number of hydrogen-bond acceptors (Lipinski definition) is 6. The van der Waals surface area contributed by atoms with Gasteiger partial charge >= 0.3 is 0 Å². The number of carbonyl (C=O) groups is 1. The number of nitrogens with zero attached hydrogens (tertiary/aromatic N) is 2. The van der Waals surface area contributed by atoms with Crippen LogP contribution in [0.5, 0.6) is 0 Å². The number of rotatable bonds is 5. The number of amides is 1. The molecule has 6 nitrogen and oxygen atoms in total. The lowest BCUT2D eigenvalue weighted by atomic mass is 10.4. The van der Waals surface area contributed by atoms with E-state index in [1.807, 2.05) is 0 Å². The van der Waals surface area contributed by atoms with Gasteiger partial charge in [0.1, 0.15) is 20.5 Å². The lowest BCUT2D eigenvalue weighted by Gasteiger charge is -2.14. The monoisotopic (exact) mass is 291 g/mol. The van der Waals surface area contributed by atoms with Gasteiger partial charge in [0.2, 0.25) is 0 Å². The number of hydrogen-bond donors (Lipinski definition) is 1. The van der Waals surface area contributed by atoms with Crippen LogP contribution in [0.3, 0.4) is 0 Å². The van der Waals surface area contributed by atoms with E-state index in [2.05, 4.69) is 4.98 Å². The number of nitrogens with two attached hydrogens (primary N) is 1. The summed E-state index contributed by atoms with van der Waals surface area (Å²) in [5.41, 5.74) is 5.97. The van der Waals surface area contributed by atoms with E-state index in [0.29, 0.717) is 10.7 Å². The summed E-state index contributed by atoms with van der Waals surface area (Å²) in [4.78, 5) is 17.4. The third-order valence-electron chi connectivity index (χ3n) is 2.27. The van der Waals surface area contributed by atoms with Gasteiger partial charge in [0.05, 0.1) is 11.8 Å². The van der Waals surface area contributed by atoms with E-state index in [0.717, 1.165) is 6.26 Å². The standard InChI is InChI=1S/C10H17N3O3S2/c1-7(11)9-12-8(6-17-9)10(14)13(2)4-5-18(3,15)16/h6-7H,4-5,11H2,1-3H3. The van der Waals surface area contributed by atoms with Crippen LogP contribution >= 0.6 is 11.3 Å². The first-order valence-electron chi connectivity index (χ1n) is 5.35. The topological polar surface area (TPSA) is 93.4 Å². The van der Waals surface area contributed by atoms with E-state index in [-0.39, 0.29) is 24.2 Å². The minimum absolute atomic E-state index is 0.0560. The molecule has 0 aliphatic carbocycles. The number of sulfone groups is 1. The predicted molar refractivity (Wildman–Crippen MR) is 71.4 cm³/mol. The maximum absolute atomic E-state index is 11.9. The number of carbonyl (C=O) groups excluding carboxylic acids is 1. The molecule has 8 heteroatoms. The van der Waals surface area contributed by atoms with E-state index in [1.54, 1.807) is 19.4 Å². The van der Waals surface area contributed by atoms with Crippen LogP contribution in [-0.2, 0) is 9.84 Å². The summed E-state index contributed by atoms with van der Waals surface area (Å²) in [6.45, 7) is 1.95. The summed E-state index contributed by atoms with van der Waals surface area (Å²) in [5.74, 6) is -0.346. The van der Waals surface area contributed by atoms with Crippen LogP contribution in [0.1, 0.15) is 28.5 Å². The van der Waals surface area contributed by atoms with Crippen molar-refractivity contribution in [1.29, 1.82) is 0 Å². The number of aromatic nitrogens is 1. The summed E-state index contributed by atoms with van der Waals surface area (Å²) < 4.78 is 22.0. The van der Waals surface area contributed by atoms with Crippen molar-refractivity contribution in [3.05, 3.63) is 16.1 Å². The molecule has 0 aromatic carbocycles. The average molecular weight is 291 g/mol. The molecule has 2 N–H and O–H groups in total. The maximum Gasteiger partial charge on any atom is 0.273 e. The summed E-state index contributed by atoms with van der Waals surface area (Å²) in [5, 5.41) is 2.33. The zero-order chi connectivity index (χ0) is 13.9. The van der Waals surface area contributed by atoms with Gasteiger partial charge in [-0.2, -0.15) is 0 Å². The van der Waals surface area contributed by atoms with Crippen LogP contribution in [0.4, 0.5) is 0 Å². The zero-order valence-corrected chi connectivity index (χ0v) is 12.2. The van der Waals surface area contributed by atoms with Gasteiger partial charge in [0.25, 0.3) is 5.91 Å². The molecule has 1 atom stereocenters. The summed E-state index contributed by atoms with van der Waals surface area (Å²) in [6, 6.07) is -0.210. The Bertz CT molecular complexity index is 522. The molecular weight excluding hydrogens is 274 g/mol. The second-order valence-corrected chi connectivity index (χ2v) is 7.37. The molecule has 1 rings (SSSR count). The van der Waals surface area contributed by atoms with Gasteiger partial charge in [-0.05, 0) is 6.92 Å². The van der Waals surface area contributed by atoms with E-state index >= 15 is 0 Å². The van der Waals surface area contributed by atoms with Gasteiger partial charge in [-0.3, -0.25) is 4.79 Å². The molecule has 0 saturated heterocycles. The highest BCUT2D eigenvalue weighted by Gasteiger charge is 2.17. The average Bonchev–Trinajstić information content (AvgIpc) is 2.73. The molecule has 1 unspecified atom stereocenters. The van der Waals surface area contributed by atoms with Crippen molar-refractivity contribution in [3.63, 3.8) is 0 Å². The van der Waals surface area contributed by atoms with E-state index in [4.69, 9.17) is 5.73 Å². The molecule has 1 aromatic heterocycles. The molecule has 102 valence electrons. The Morgan fingerprint density at radius 1 is 1.61 bits per heavy atom. The zero-order valence-electron chi connectivity index (χ0n) is 10.6.